The van der Waals surface area contributed by atoms with E-state index in [1.54, 1.807) is 31.4 Å². The van der Waals surface area contributed by atoms with Gasteiger partial charge in [0.05, 0.1) is 17.9 Å². The van der Waals surface area contributed by atoms with Crippen LogP contribution in [0.25, 0.3) is 0 Å². The predicted octanol–water partition coefficient (Wildman–Crippen LogP) is 3.55. The van der Waals surface area contributed by atoms with E-state index in [2.05, 4.69) is 12.2 Å². The van der Waals surface area contributed by atoms with Gasteiger partial charge in [0.25, 0.3) is 0 Å². The Labute approximate surface area is 179 Å². The largest absolute Gasteiger partial charge is 0.497 e. The average Bonchev–Trinajstić information content (AvgIpc) is 2.78. The van der Waals surface area contributed by atoms with E-state index in [1.165, 1.54) is 4.31 Å². The van der Waals surface area contributed by atoms with E-state index in [0.29, 0.717) is 31.7 Å². The van der Waals surface area contributed by atoms with Crippen molar-refractivity contribution in [2.45, 2.75) is 49.5 Å². The molecular weight excluding hydrogens is 400 g/mol. The minimum Gasteiger partial charge on any atom is -0.497 e. The molecule has 1 aliphatic heterocycles. The molecule has 0 radical (unpaired) electrons. The molecule has 0 bridgehead atoms. The lowest BCUT2D eigenvalue weighted by Crippen LogP contribution is -2.47. The van der Waals surface area contributed by atoms with E-state index in [0.717, 1.165) is 18.4 Å². The molecule has 3 rings (SSSR count). The van der Waals surface area contributed by atoms with Crippen molar-refractivity contribution in [2.75, 3.05) is 20.2 Å². The number of piperidine rings is 1. The van der Waals surface area contributed by atoms with Gasteiger partial charge < -0.3 is 10.1 Å². The Bertz CT molecular complexity index is 921. The van der Waals surface area contributed by atoms with Gasteiger partial charge in [0.2, 0.25) is 15.9 Å². The van der Waals surface area contributed by atoms with Crippen molar-refractivity contribution in [1.82, 2.24) is 9.62 Å². The molecule has 1 atom stereocenters. The minimum absolute atomic E-state index is 0.0112. The zero-order chi connectivity index (χ0) is 21.6. The van der Waals surface area contributed by atoms with E-state index < -0.39 is 10.0 Å². The van der Waals surface area contributed by atoms with Gasteiger partial charge in [-0.05, 0) is 49.1 Å². The molecule has 0 aliphatic carbocycles. The Morgan fingerprint density at radius 3 is 2.30 bits per heavy atom. The second kappa shape index (κ2) is 10.1. The third-order valence-corrected chi connectivity index (χ3v) is 7.51. The second-order valence-corrected chi connectivity index (χ2v) is 9.55. The van der Waals surface area contributed by atoms with E-state index in [9.17, 15) is 13.2 Å². The number of sulfonamides is 1. The summed E-state index contributed by atoms with van der Waals surface area (Å²) in [4.78, 5) is 13.2. The van der Waals surface area contributed by atoms with Crippen LogP contribution in [-0.2, 0) is 14.8 Å². The molecule has 1 unspecified atom stereocenters. The van der Waals surface area contributed by atoms with Crippen LogP contribution in [0.1, 0.15) is 44.1 Å². The number of carbonyl (C=O) groups is 1. The molecule has 0 aromatic heterocycles. The van der Waals surface area contributed by atoms with Gasteiger partial charge in [-0.15, -0.1) is 0 Å². The monoisotopic (exact) mass is 430 g/mol. The molecule has 2 aromatic rings. The van der Waals surface area contributed by atoms with Crippen molar-refractivity contribution in [3.63, 3.8) is 0 Å². The summed E-state index contributed by atoms with van der Waals surface area (Å²) in [5, 5.41) is 3.15. The smallest absolute Gasteiger partial charge is 0.243 e. The van der Waals surface area contributed by atoms with Gasteiger partial charge >= 0.3 is 0 Å². The molecule has 1 heterocycles. The summed E-state index contributed by atoms with van der Waals surface area (Å²) in [6.07, 6.45) is 2.93. The molecule has 7 heteroatoms. The summed E-state index contributed by atoms with van der Waals surface area (Å²) >= 11 is 0. The zero-order valence-corrected chi connectivity index (χ0v) is 18.4. The third kappa shape index (κ3) is 5.21. The van der Waals surface area contributed by atoms with Crippen LogP contribution >= 0.6 is 0 Å². The first-order valence-electron chi connectivity index (χ1n) is 10.4. The molecule has 6 nitrogen and oxygen atoms in total. The predicted molar refractivity (Wildman–Crippen MR) is 117 cm³/mol. The van der Waals surface area contributed by atoms with Gasteiger partial charge in [0.1, 0.15) is 5.75 Å². The van der Waals surface area contributed by atoms with Crippen LogP contribution in [-0.4, -0.2) is 44.9 Å². The fourth-order valence-corrected chi connectivity index (χ4v) is 5.33. The number of methoxy groups -OCH3 is 1. The Morgan fingerprint density at radius 2 is 1.73 bits per heavy atom. The maximum absolute atomic E-state index is 12.9. The highest BCUT2D eigenvalue weighted by Crippen LogP contribution is 2.25. The number of carbonyl (C=O) groups excluding carboxylic acids is 1. The van der Waals surface area contributed by atoms with E-state index in [1.807, 2.05) is 30.3 Å². The van der Waals surface area contributed by atoms with Gasteiger partial charge in [0.15, 0.2) is 0 Å². The molecule has 2 aromatic carbocycles. The third-order valence-electron chi connectivity index (χ3n) is 5.59. The quantitative estimate of drug-likeness (QED) is 0.695. The molecule has 1 amide bonds. The SMILES string of the molecule is CCCC(C(=O)NC1CCN(S(=O)(=O)c2ccc(OC)cc2)CC1)c1ccccc1. The van der Waals surface area contributed by atoms with Crippen molar-refractivity contribution >= 4 is 15.9 Å². The average molecular weight is 431 g/mol. The Hall–Kier alpha value is -2.38. The van der Waals surface area contributed by atoms with Gasteiger partial charge in [0, 0.05) is 19.1 Å². The van der Waals surface area contributed by atoms with Crippen molar-refractivity contribution in [1.29, 1.82) is 0 Å². The van der Waals surface area contributed by atoms with Crippen LogP contribution in [0.4, 0.5) is 0 Å². The topological polar surface area (TPSA) is 75.7 Å². The Morgan fingerprint density at radius 1 is 1.10 bits per heavy atom. The summed E-state index contributed by atoms with van der Waals surface area (Å²) in [5.41, 5.74) is 1.02. The van der Waals surface area contributed by atoms with E-state index >= 15 is 0 Å². The van der Waals surface area contributed by atoms with Crippen LogP contribution in [0.15, 0.2) is 59.5 Å². The number of hydrogen-bond donors (Lipinski definition) is 1. The molecule has 0 spiro atoms. The minimum atomic E-state index is -3.54. The van der Waals surface area contributed by atoms with Crippen molar-refractivity contribution in [2.24, 2.45) is 0 Å². The van der Waals surface area contributed by atoms with Crippen LogP contribution in [0.2, 0.25) is 0 Å². The van der Waals surface area contributed by atoms with Crippen molar-refractivity contribution in [3.05, 3.63) is 60.2 Å². The number of rotatable bonds is 8. The van der Waals surface area contributed by atoms with E-state index in [4.69, 9.17) is 4.74 Å². The number of nitrogens with zero attached hydrogens (tertiary/aromatic N) is 1. The fraction of sp³-hybridized carbons (Fsp3) is 0.435. The maximum Gasteiger partial charge on any atom is 0.243 e. The van der Waals surface area contributed by atoms with Gasteiger partial charge in [-0.1, -0.05) is 43.7 Å². The summed E-state index contributed by atoms with van der Waals surface area (Å²) in [6, 6.07) is 16.3. The van der Waals surface area contributed by atoms with Gasteiger partial charge in [-0.3, -0.25) is 4.79 Å². The molecule has 30 heavy (non-hydrogen) atoms. The fourth-order valence-electron chi connectivity index (χ4n) is 3.86. The molecule has 1 aliphatic rings. The maximum atomic E-state index is 12.9. The summed E-state index contributed by atoms with van der Waals surface area (Å²) in [6.45, 7) is 2.86. The number of nitrogens with one attached hydrogen (secondary N) is 1. The molecular formula is C23H30N2O4S. The first-order valence-corrected chi connectivity index (χ1v) is 11.9. The van der Waals surface area contributed by atoms with Crippen LogP contribution in [0.5, 0.6) is 5.75 Å². The van der Waals surface area contributed by atoms with Crippen LogP contribution in [0.3, 0.4) is 0 Å². The highest BCUT2D eigenvalue weighted by molar-refractivity contribution is 7.89. The first-order chi connectivity index (χ1) is 14.5. The summed E-state index contributed by atoms with van der Waals surface area (Å²) < 4.78 is 32.4. The number of amides is 1. The number of hydrogen-bond acceptors (Lipinski definition) is 4. The zero-order valence-electron chi connectivity index (χ0n) is 17.6. The summed E-state index contributed by atoms with van der Waals surface area (Å²) in [5.74, 6) is 0.479. The number of ether oxygens (including phenoxy) is 1. The standard InChI is InChI=1S/C23H30N2O4S/c1-3-7-22(18-8-5-4-6-9-18)23(26)24-19-14-16-25(17-15-19)30(27,28)21-12-10-20(29-2)11-13-21/h4-6,8-13,19,22H,3,7,14-17H2,1-2H3,(H,24,26). The van der Waals surface area contributed by atoms with Crippen molar-refractivity contribution in [3.8, 4) is 5.75 Å². The van der Waals surface area contributed by atoms with Crippen LogP contribution in [0, 0.1) is 0 Å². The first kappa shape index (κ1) is 22.3. The van der Waals surface area contributed by atoms with Crippen LogP contribution < -0.4 is 10.1 Å². The van der Waals surface area contributed by atoms with E-state index in [-0.39, 0.29) is 22.8 Å². The Balaban J connectivity index is 1.60. The lowest BCUT2D eigenvalue weighted by molar-refractivity contribution is -0.123. The molecule has 1 N–H and O–H groups in total. The molecule has 1 fully saturated rings. The normalized spacial score (nSPS) is 16.7. The highest BCUT2D eigenvalue weighted by atomic mass is 32.2. The van der Waals surface area contributed by atoms with Gasteiger partial charge in [-0.25, -0.2) is 8.42 Å². The molecule has 0 saturated carbocycles. The lowest BCUT2D eigenvalue weighted by Gasteiger charge is -2.32. The second-order valence-electron chi connectivity index (χ2n) is 7.61. The van der Waals surface area contributed by atoms with Gasteiger partial charge in [-0.2, -0.15) is 4.31 Å². The summed E-state index contributed by atoms with van der Waals surface area (Å²) in [7, 11) is -1.99. The number of benzene rings is 2. The lowest BCUT2D eigenvalue weighted by atomic mass is 9.93. The molecule has 162 valence electrons. The Kier molecular flexibility index (Phi) is 7.50. The highest BCUT2D eigenvalue weighted by Gasteiger charge is 2.31. The molecule has 1 saturated heterocycles. The van der Waals surface area contributed by atoms with Crippen molar-refractivity contribution < 1.29 is 17.9 Å².